The van der Waals surface area contributed by atoms with E-state index in [-0.39, 0.29) is 41.9 Å². The number of halogens is 11. The van der Waals surface area contributed by atoms with Crippen LogP contribution < -0.4 is 69.3 Å². The third kappa shape index (κ3) is 29.0. The molecule has 3 unspecified atom stereocenters. The van der Waals surface area contributed by atoms with E-state index in [0.717, 1.165) is 140 Å². The van der Waals surface area contributed by atoms with E-state index in [9.17, 15) is 24.9 Å². The van der Waals surface area contributed by atoms with Gasteiger partial charge in [-0.1, -0.05) is 152 Å². The number of nitrogens with zero attached hydrogens (tertiary/aromatic N) is 15. The Bertz CT molecular complexity index is 7060. The number of nitrogens with two attached hydrogens (primary N) is 3. The molecule has 0 saturated carbocycles. The second-order valence-electron chi connectivity index (χ2n) is 31.2. The molecule has 0 amide bonds. The van der Waals surface area contributed by atoms with Gasteiger partial charge in [-0.05, 0) is 228 Å². The van der Waals surface area contributed by atoms with Crippen molar-refractivity contribution in [1.29, 1.82) is 10.5 Å². The molecule has 0 spiro atoms. The largest absolute Gasteiger partial charge is 0.495 e. The number of rotatable bonds is 43. The Morgan fingerprint density at radius 3 is 0.926 bits per heavy atom. The van der Waals surface area contributed by atoms with Crippen LogP contribution in [-0.2, 0) is 17.6 Å². The summed E-state index contributed by atoms with van der Waals surface area (Å²) in [5.74, 6) is 4.26. The molecule has 776 valence electrons. The van der Waals surface area contributed by atoms with Crippen LogP contribution in [0.2, 0.25) is 55.6 Å². The average molecular weight is 2350 g/mol. The van der Waals surface area contributed by atoms with E-state index in [1.165, 1.54) is 42.7 Å². The second kappa shape index (κ2) is 57.6. The first-order valence-corrected chi connectivity index (χ1v) is 52.6. The maximum atomic E-state index is 11.5. The van der Waals surface area contributed by atoms with Crippen molar-refractivity contribution < 1.29 is 66.5 Å². The van der Waals surface area contributed by atoms with Gasteiger partial charge in [-0.25, -0.2) is 6.57 Å². The van der Waals surface area contributed by atoms with E-state index in [1.54, 1.807) is 84.1 Å². The molecule has 6 aromatic heterocycles. The molecule has 149 heavy (non-hydrogen) atoms. The maximum absolute atomic E-state index is 11.5. The van der Waals surface area contributed by atoms with Crippen molar-refractivity contribution >= 4 is 239 Å². The van der Waals surface area contributed by atoms with Crippen molar-refractivity contribution in [3.63, 3.8) is 0 Å². The van der Waals surface area contributed by atoms with Crippen molar-refractivity contribution in [2.75, 3.05) is 78.2 Å². The van der Waals surface area contributed by atoms with Gasteiger partial charge in [0.2, 0.25) is 5.88 Å². The number of benzene rings is 8. The van der Waals surface area contributed by atoms with Crippen LogP contribution in [-0.4, -0.2) is 156 Å². The molecule has 6 N–H and O–H groups in total. The molecule has 0 saturated heterocycles. The Kier molecular flexibility index (Phi) is 45.5. The van der Waals surface area contributed by atoms with Gasteiger partial charge in [0.05, 0.1) is 229 Å². The number of nitriles is 2. The van der Waals surface area contributed by atoms with Crippen LogP contribution in [0.15, 0.2) is 121 Å². The summed E-state index contributed by atoms with van der Waals surface area (Å²) in [5, 5.41) is 22.4. The first kappa shape index (κ1) is 118. The molecule has 0 bridgehead atoms. The highest BCUT2D eigenvalue weighted by molar-refractivity contribution is 7.01. The van der Waals surface area contributed by atoms with Gasteiger partial charge in [-0.15, -0.1) is 13.1 Å². The van der Waals surface area contributed by atoms with Crippen LogP contribution in [0.25, 0.3) is 72.2 Å². The summed E-state index contributed by atoms with van der Waals surface area (Å²) in [5.41, 5.74) is 34.1. The first-order valence-electron chi connectivity index (χ1n) is 44.1. The molecule has 14 aromatic rings. The van der Waals surface area contributed by atoms with Gasteiger partial charge in [0.1, 0.15) is 81.4 Å². The lowest BCUT2D eigenvalue weighted by Crippen LogP contribution is -2.13. The van der Waals surface area contributed by atoms with E-state index >= 15 is 0 Å². The summed E-state index contributed by atoms with van der Waals surface area (Å²) in [6, 6.07) is 30.7. The molecule has 0 fully saturated rings. The molecule has 32 nitrogen and oxygen atoms in total. The number of methoxy groups -OCH3 is 11. The number of aromatic nitrogens is 12. The predicted molar refractivity (Wildman–Crippen MR) is 593 cm³/mol. The summed E-state index contributed by atoms with van der Waals surface area (Å²) in [6.07, 6.45) is 17.5. The summed E-state index contributed by atoms with van der Waals surface area (Å²) in [6.45, 7) is 7.04. The fourth-order valence-electron chi connectivity index (χ4n) is 15.5. The van der Waals surface area contributed by atoms with Crippen LogP contribution in [0.1, 0.15) is 164 Å². The Morgan fingerprint density at radius 2 is 0.611 bits per heavy atom. The van der Waals surface area contributed by atoms with Crippen molar-refractivity contribution in [1.82, 2.24) is 52.5 Å². The number of hydrogen-bond acceptors (Lipinski definition) is 37. The lowest BCUT2D eigenvalue weighted by atomic mass is 9.91. The van der Waals surface area contributed by atoms with Gasteiger partial charge < -0.3 is 68.4 Å². The van der Waals surface area contributed by atoms with Crippen LogP contribution in [0.5, 0.6) is 63.6 Å². The molecule has 6 heterocycles. The quantitative estimate of drug-likeness (QED) is 0.0181. The van der Waals surface area contributed by atoms with Crippen LogP contribution in [0.4, 0.5) is 0 Å². The van der Waals surface area contributed by atoms with E-state index in [4.69, 9.17) is 203 Å². The molecule has 49 heteroatoms. The Hall–Kier alpha value is -11.6. The number of aryl methyl sites for hydroxylation is 2. The molecule has 8 aromatic carbocycles. The minimum atomic E-state index is -0.970. The fraction of sp³-hybridized carbons (Fsp3) is 0.260. The highest BCUT2D eigenvalue weighted by Crippen LogP contribution is 2.51. The first-order chi connectivity index (χ1) is 72.0. The molecule has 3 atom stereocenters. The molecule has 0 radical (unpaired) electrons. The van der Waals surface area contributed by atoms with Gasteiger partial charge in [0.15, 0.2) is 39.4 Å². The number of carbonyl (C=O) groups is 3. The van der Waals surface area contributed by atoms with E-state index in [1.807, 2.05) is 72.8 Å². The third-order valence-electron chi connectivity index (χ3n) is 22.3. The number of ether oxygens (including phenoxy) is 11. The number of aldehydes is 3. The van der Waals surface area contributed by atoms with Crippen LogP contribution in [0.3, 0.4) is 0 Å². The number of hydrogen-bond donors (Lipinski definition) is 3. The average Bonchev–Trinajstić information content (AvgIpc) is 1.54. The minimum absolute atomic E-state index is 0.251. The molecule has 0 aliphatic rings. The lowest BCUT2D eigenvalue weighted by molar-refractivity contribution is -0.107. The highest BCUT2D eigenvalue weighted by atomic mass is 35.5. The summed E-state index contributed by atoms with van der Waals surface area (Å²) >= 11 is 77.9. The second-order valence-corrected chi connectivity index (χ2v) is 38.7. The van der Waals surface area contributed by atoms with E-state index < -0.39 is 18.2 Å². The van der Waals surface area contributed by atoms with Crippen molar-refractivity contribution in [3.05, 3.63) is 267 Å². The maximum Gasteiger partial charge on any atom is 0.274 e. The normalized spacial score (nSPS) is 11.3. The summed E-state index contributed by atoms with van der Waals surface area (Å²) in [4.78, 5) is 37.0. The van der Waals surface area contributed by atoms with Crippen molar-refractivity contribution in [2.24, 2.45) is 17.2 Å². The van der Waals surface area contributed by atoms with Crippen LogP contribution in [0, 0.1) is 29.2 Å². The standard InChI is InChI=1S/C28H26Cl2N6O5S3.C25H17Cl5N6O2S3.C25H26Cl2N6O2.C22H20Cl2O5/c1-37-24-17(22-27(40-4)35-43-32-22)10-14(12-19(24)29)16(8-6-7-9-21-26(39-3)34-42-31-21)15-11-18(25(38-2)20(30)13-15)23-28(41-5)36-44-33-23;1-37-21-14(19-24(29)35-40-32-19)7-11(9-16(21)26)13(5-3-4-6-18-23(28)34-39-31-18)12-8-15(20-25(30)36-41-33-20)22(38-2)17(27)10-12;1-33-23(32)7-5-4-6-16(14-8-17(21(30)12-28)24(34-2)19(26)10-14)15-9-18(22(31)13-29)25(35-3)20(27)11-15;1-28-21-16(12-26)8-14(10-19(21)23)18(6-4-3-5-7-25)15-9-17(13-27)22(29-2)20(24)11-15/h8,10-13H,6-7,9H2,1-5H3;5,7-10H,3-4,6H2,1-2H3;6,8-11,21-23H,4-5,7,30-32H2,2-3H3;6-13H,3-5H2,1-2H3. The van der Waals surface area contributed by atoms with E-state index in [0.29, 0.717) is 249 Å². The molecular weight excluding hydrogens is 2260 g/mol. The van der Waals surface area contributed by atoms with Crippen LogP contribution >= 0.6 is 198 Å². The SMILES string of the molecule is COc1c(Cl)cc(C(=CCCCC=O)c2cc(Cl)c(OC)c(C=O)c2)cc1C=O.COc1c(Cl)cc(C(=CCCCc2nsnc2Cl)c2cc(Cl)c(OC)c(-c3nsnc3Cl)c2)cc1-c1nsnc1Cl.COc1nsnc1CCCC=C(c1cc(Cl)c(OC)c(-c2nsnc2OC)c1)c1cc(Cl)c(OC)c(-c2nsnc2OC)c1.[C-]#[N+]C(N)CCCC=C(c1cc(Cl)c(OC)c(C(N)C#N)c1)c1cc(Cl)c(OC)c(C(N)C#N)c1. The minimum Gasteiger partial charge on any atom is -0.495 e. The topological polar surface area (TPSA) is 437 Å². The third-order valence-corrected chi connectivity index (χ3v) is 28.8. The molecule has 0 aliphatic heterocycles. The van der Waals surface area contributed by atoms with Gasteiger partial charge in [-0.3, -0.25) is 20.2 Å². The summed E-state index contributed by atoms with van der Waals surface area (Å²) in [7, 11) is 16.6. The Balaban J connectivity index is 0.000000191. The van der Waals surface area contributed by atoms with Gasteiger partial charge in [0.25, 0.3) is 17.9 Å². The number of allylic oxidation sites excluding steroid dienone is 4. The van der Waals surface area contributed by atoms with Gasteiger partial charge >= 0.3 is 0 Å². The van der Waals surface area contributed by atoms with Gasteiger partial charge in [0, 0.05) is 35.1 Å². The Labute approximate surface area is 938 Å². The monoisotopic (exact) mass is 2340 g/mol. The number of carbonyl (C=O) groups excluding carboxylic acids is 3. The predicted octanol–water partition coefficient (Wildman–Crippen LogP) is 27.0. The van der Waals surface area contributed by atoms with Gasteiger partial charge in [-0.2, -0.15) is 49.9 Å². The zero-order valence-corrected chi connectivity index (χ0v) is 94.0. The van der Waals surface area contributed by atoms with Crippen molar-refractivity contribution in [2.45, 2.75) is 95.3 Å². The number of unbranched alkanes of at least 4 members (excludes halogenated alkanes) is 5. The molecule has 0 aliphatic carbocycles. The zero-order valence-electron chi connectivity index (χ0n) is 80.8. The lowest BCUT2D eigenvalue weighted by Gasteiger charge is -2.19. The molecule has 14 rings (SSSR count). The zero-order chi connectivity index (χ0) is 108. The Morgan fingerprint density at radius 1 is 0.329 bits per heavy atom. The van der Waals surface area contributed by atoms with E-state index in [2.05, 4.69) is 69.5 Å². The highest BCUT2D eigenvalue weighted by Gasteiger charge is 2.30. The van der Waals surface area contributed by atoms with Crippen molar-refractivity contribution in [3.8, 4) is 121 Å². The summed E-state index contributed by atoms with van der Waals surface area (Å²) < 4.78 is 111. The fourth-order valence-corrected chi connectivity index (χ4v) is 21.8. The smallest absolute Gasteiger partial charge is 0.274 e. The molecular formula is C100H89Cl11N18O14S6.